The van der Waals surface area contributed by atoms with Crippen LogP contribution in [0, 0.1) is 5.41 Å². The fraction of sp³-hybridized carbons (Fsp3) is 0.200. The monoisotopic (exact) mass is 220 g/mol. The molecule has 15 heavy (non-hydrogen) atoms. The van der Waals surface area contributed by atoms with Crippen LogP contribution in [0.3, 0.4) is 0 Å². The predicted molar refractivity (Wildman–Crippen MR) is 63.0 cm³/mol. The first kappa shape index (κ1) is 9.92. The van der Waals surface area contributed by atoms with Gasteiger partial charge < -0.3 is 10.6 Å². The van der Waals surface area contributed by atoms with Gasteiger partial charge >= 0.3 is 0 Å². The van der Waals surface area contributed by atoms with Gasteiger partial charge in [0.2, 0.25) is 0 Å². The summed E-state index contributed by atoms with van der Waals surface area (Å²) in [5.74, 6) is 0.0641. The van der Waals surface area contributed by atoms with Crippen LogP contribution in [0.4, 0.5) is 0 Å². The Labute approximate surface area is 91.9 Å². The van der Waals surface area contributed by atoms with Crippen LogP contribution in [-0.2, 0) is 6.54 Å². The lowest BCUT2D eigenvalue weighted by Gasteiger charge is -2.13. The summed E-state index contributed by atoms with van der Waals surface area (Å²) in [7, 11) is 1.79. The Morgan fingerprint density at radius 3 is 2.93 bits per heavy atom. The first-order chi connectivity index (χ1) is 7.16. The van der Waals surface area contributed by atoms with Crippen LogP contribution in [0.15, 0.2) is 24.3 Å². The zero-order chi connectivity index (χ0) is 10.8. The van der Waals surface area contributed by atoms with Crippen molar-refractivity contribution < 1.29 is 0 Å². The van der Waals surface area contributed by atoms with Crippen LogP contribution in [0.1, 0.15) is 5.01 Å². The molecule has 0 saturated heterocycles. The van der Waals surface area contributed by atoms with E-state index in [1.807, 2.05) is 24.3 Å². The molecule has 78 valence electrons. The molecule has 2 aromatic rings. The summed E-state index contributed by atoms with van der Waals surface area (Å²) < 4.78 is 1.17. The van der Waals surface area contributed by atoms with Gasteiger partial charge in [-0.3, -0.25) is 5.41 Å². The minimum Gasteiger partial charge on any atom is -0.370 e. The number of benzene rings is 1. The Morgan fingerprint density at radius 2 is 2.27 bits per heavy atom. The van der Waals surface area contributed by atoms with E-state index in [-0.39, 0.29) is 5.96 Å². The summed E-state index contributed by atoms with van der Waals surface area (Å²) in [5.41, 5.74) is 6.37. The summed E-state index contributed by atoms with van der Waals surface area (Å²) >= 11 is 1.64. The fourth-order valence-corrected chi connectivity index (χ4v) is 2.30. The molecule has 0 aliphatic carbocycles. The van der Waals surface area contributed by atoms with Crippen molar-refractivity contribution in [2.75, 3.05) is 7.05 Å². The van der Waals surface area contributed by atoms with Gasteiger partial charge in [-0.05, 0) is 12.1 Å². The van der Waals surface area contributed by atoms with Gasteiger partial charge in [0.1, 0.15) is 5.01 Å². The Balaban J connectivity index is 2.26. The molecule has 0 aliphatic rings. The van der Waals surface area contributed by atoms with Crippen LogP contribution in [0.5, 0.6) is 0 Å². The lowest BCUT2D eigenvalue weighted by molar-refractivity contribution is 0.490. The molecule has 5 heteroatoms. The molecule has 0 unspecified atom stereocenters. The molecule has 0 atom stereocenters. The molecular formula is C10H12N4S. The largest absolute Gasteiger partial charge is 0.370 e. The van der Waals surface area contributed by atoms with Crippen LogP contribution in [0.2, 0.25) is 0 Å². The molecule has 0 radical (unpaired) electrons. The van der Waals surface area contributed by atoms with Gasteiger partial charge in [0.25, 0.3) is 0 Å². The lowest BCUT2D eigenvalue weighted by Crippen LogP contribution is -2.32. The number of nitrogens with one attached hydrogen (secondary N) is 1. The highest BCUT2D eigenvalue weighted by molar-refractivity contribution is 7.18. The summed E-state index contributed by atoms with van der Waals surface area (Å²) in [4.78, 5) is 6.12. The normalized spacial score (nSPS) is 10.5. The summed E-state index contributed by atoms with van der Waals surface area (Å²) in [6.45, 7) is 0.592. The number of fused-ring (bicyclic) bond motifs is 1. The maximum atomic E-state index is 7.26. The standard InChI is InChI=1S/C10H12N4S/c1-14(10(11)12)6-9-13-7-4-2-3-5-8(7)15-9/h2-5H,6H2,1H3,(H3,11,12). The van der Waals surface area contributed by atoms with Crippen molar-refractivity contribution in [3.05, 3.63) is 29.3 Å². The summed E-state index contributed by atoms with van der Waals surface area (Å²) in [6.07, 6.45) is 0. The minimum absolute atomic E-state index is 0.0641. The Kier molecular flexibility index (Phi) is 2.55. The molecule has 1 heterocycles. The predicted octanol–water partition coefficient (Wildman–Crippen LogP) is 1.62. The third-order valence-electron chi connectivity index (χ3n) is 2.12. The van der Waals surface area contributed by atoms with E-state index in [9.17, 15) is 0 Å². The number of hydrogen-bond acceptors (Lipinski definition) is 3. The number of nitrogens with zero attached hydrogens (tertiary/aromatic N) is 2. The second-order valence-electron chi connectivity index (χ2n) is 3.32. The molecular weight excluding hydrogens is 208 g/mol. The second kappa shape index (κ2) is 3.86. The number of nitrogens with two attached hydrogens (primary N) is 1. The molecule has 0 spiro atoms. The SMILES string of the molecule is CN(Cc1nc2ccccc2s1)C(=N)N. The third kappa shape index (κ3) is 2.07. The van der Waals surface area contributed by atoms with Crippen molar-refractivity contribution >= 4 is 27.5 Å². The van der Waals surface area contributed by atoms with E-state index in [2.05, 4.69) is 4.98 Å². The third-order valence-corrected chi connectivity index (χ3v) is 3.14. The molecule has 1 aromatic heterocycles. The van der Waals surface area contributed by atoms with Gasteiger partial charge in [0.15, 0.2) is 5.96 Å². The molecule has 0 bridgehead atoms. The van der Waals surface area contributed by atoms with Gasteiger partial charge in [0, 0.05) is 7.05 Å². The lowest BCUT2D eigenvalue weighted by atomic mass is 10.3. The van der Waals surface area contributed by atoms with Crippen molar-refractivity contribution in [3.63, 3.8) is 0 Å². The van der Waals surface area contributed by atoms with E-state index in [1.165, 1.54) is 4.70 Å². The number of hydrogen-bond donors (Lipinski definition) is 2. The van der Waals surface area contributed by atoms with E-state index in [1.54, 1.807) is 23.3 Å². The summed E-state index contributed by atoms with van der Waals surface area (Å²) in [5, 5.41) is 8.25. The Hall–Kier alpha value is -1.62. The van der Waals surface area contributed by atoms with Crippen molar-refractivity contribution in [1.82, 2.24) is 9.88 Å². The topological polar surface area (TPSA) is 66.0 Å². The maximum Gasteiger partial charge on any atom is 0.188 e. The average Bonchev–Trinajstić information content (AvgIpc) is 2.59. The van der Waals surface area contributed by atoms with Gasteiger partial charge in [-0.1, -0.05) is 12.1 Å². The van der Waals surface area contributed by atoms with E-state index in [4.69, 9.17) is 11.1 Å². The average molecular weight is 220 g/mol. The summed E-state index contributed by atoms with van der Waals surface area (Å²) in [6, 6.07) is 8.01. The van der Waals surface area contributed by atoms with Crippen LogP contribution < -0.4 is 5.73 Å². The first-order valence-corrected chi connectivity index (χ1v) is 5.38. The number of para-hydroxylation sites is 1. The van der Waals surface area contributed by atoms with E-state index in [0.717, 1.165) is 10.5 Å². The number of guanidine groups is 1. The molecule has 3 N–H and O–H groups in total. The highest BCUT2D eigenvalue weighted by Crippen LogP contribution is 2.22. The number of thiazole rings is 1. The highest BCUT2D eigenvalue weighted by Gasteiger charge is 2.06. The van der Waals surface area contributed by atoms with Crippen molar-refractivity contribution in [2.24, 2.45) is 5.73 Å². The van der Waals surface area contributed by atoms with Gasteiger partial charge in [-0.15, -0.1) is 11.3 Å². The zero-order valence-corrected chi connectivity index (χ0v) is 9.21. The van der Waals surface area contributed by atoms with Crippen LogP contribution in [0.25, 0.3) is 10.2 Å². The molecule has 0 aliphatic heterocycles. The molecule has 1 aromatic carbocycles. The van der Waals surface area contributed by atoms with Gasteiger partial charge in [0.05, 0.1) is 16.8 Å². The smallest absolute Gasteiger partial charge is 0.188 e. The molecule has 0 fully saturated rings. The van der Waals surface area contributed by atoms with E-state index < -0.39 is 0 Å². The van der Waals surface area contributed by atoms with Crippen molar-refractivity contribution in [2.45, 2.75) is 6.54 Å². The Morgan fingerprint density at radius 1 is 1.53 bits per heavy atom. The number of rotatable bonds is 2. The van der Waals surface area contributed by atoms with Crippen molar-refractivity contribution in [3.8, 4) is 0 Å². The highest BCUT2D eigenvalue weighted by atomic mass is 32.1. The van der Waals surface area contributed by atoms with Gasteiger partial charge in [-0.25, -0.2) is 4.98 Å². The quantitative estimate of drug-likeness (QED) is 0.597. The first-order valence-electron chi connectivity index (χ1n) is 4.56. The van der Waals surface area contributed by atoms with E-state index >= 15 is 0 Å². The second-order valence-corrected chi connectivity index (χ2v) is 4.43. The van der Waals surface area contributed by atoms with Crippen molar-refractivity contribution in [1.29, 1.82) is 5.41 Å². The maximum absolute atomic E-state index is 7.26. The molecule has 4 nitrogen and oxygen atoms in total. The molecule has 0 amide bonds. The van der Waals surface area contributed by atoms with Crippen LogP contribution >= 0.6 is 11.3 Å². The van der Waals surface area contributed by atoms with Crippen LogP contribution in [-0.4, -0.2) is 22.9 Å². The minimum atomic E-state index is 0.0641. The molecule has 2 rings (SSSR count). The van der Waals surface area contributed by atoms with Gasteiger partial charge in [-0.2, -0.15) is 0 Å². The number of aromatic nitrogens is 1. The Bertz CT molecular complexity index is 458. The molecule has 0 saturated carbocycles. The zero-order valence-electron chi connectivity index (χ0n) is 8.40. The van der Waals surface area contributed by atoms with E-state index in [0.29, 0.717) is 6.54 Å². The fourth-order valence-electron chi connectivity index (χ4n) is 1.28.